The van der Waals surface area contributed by atoms with Gasteiger partial charge < -0.3 is 13.8 Å². The minimum absolute atomic E-state index is 0.197. The lowest BCUT2D eigenvalue weighted by molar-refractivity contribution is -0.0499. The number of pyridine rings is 1. The standard InChI is InChI=1S/C15H15F3N2O4S/c1-10-8-14(24-25(21,22)15(16,17)18)12-9-11(2-3-13(12)19-10)20-4-6-23-7-5-20/h2-3,8-9H,4-7H2,1H3. The highest BCUT2D eigenvalue weighted by molar-refractivity contribution is 7.88. The SMILES string of the molecule is Cc1cc(OS(=O)(=O)C(F)(F)F)c2cc(N3CCOCC3)ccc2n1. The lowest BCUT2D eigenvalue weighted by Crippen LogP contribution is -2.36. The highest BCUT2D eigenvalue weighted by atomic mass is 32.2. The van der Waals surface area contributed by atoms with Crippen LogP contribution < -0.4 is 9.08 Å². The predicted molar refractivity (Wildman–Crippen MR) is 85.1 cm³/mol. The van der Waals surface area contributed by atoms with Gasteiger partial charge in [0.15, 0.2) is 5.75 Å². The Morgan fingerprint density at radius 2 is 1.88 bits per heavy atom. The molecule has 0 amide bonds. The normalized spacial score (nSPS) is 16.2. The second kappa shape index (κ2) is 6.34. The Bertz CT molecular complexity index is 894. The number of nitrogens with zero attached hydrogens (tertiary/aromatic N) is 2. The average Bonchev–Trinajstić information content (AvgIpc) is 2.54. The van der Waals surface area contributed by atoms with Gasteiger partial charge in [0.25, 0.3) is 0 Å². The number of ether oxygens (including phenoxy) is 1. The average molecular weight is 376 g/mol. The molecule has 2 heterocycles. The van der Waals surface area contributed by atoms with Crippen LogP contribution in [0.5, 0.6) is 5.75 Å². The summed E-state index contributed by atoms with van der Waals surface area (Å²) in [6.07, 6.45) is 0. The Morgan fingerprint density at radius 1 is 1.20 bits per heavy atom. The van der Waals surface area contributed by atoms with Gasteiger partial charge in [-0.3, -0.25) is 4.98 Å². The molecular weight excluding hydrogens is 361 g/mol. The zero-order valence-electron chi connectivity index (χ0n) is 13.2. The van der Waals surface area contributed by atoms with Crippen molar-refractivity contribution in [3.63, 3.8) is 0 Å². The summed E-state index contributed by atoms with van der Waals surface area (Å²) in [5.74, 6) is -0.394. The molecular formula is C15H15F3N2O4S. The Kier molecular flexibility index (Phi) is 4.50. The van der Waals surface area contributed by atoms with Crippen molar-refractivity contribution >= 4 is 26.7 Å². The molecule has 1 aliphatic heterocycles. The highest BCUT2D eigenvalue weighted by Crippen LogP contribution is 2.34. The summed E-state index contributed by atoms with van der Waals surface area (Å²) in [4.78, 5) is 6.21. The van der Waals surface area contributed by atoms with Crippen LogP contribution >= 0.6 is 0 Å². The van der Waals surface area contributed by atoms with E-state index < -0.39 is 21.4 Å². The van der Waals surface area contributed by atoms with Crippen LogP contribution in [0.25, 0.3) is 10.9 Å². The van der Waals surface area contributed by atoms with E-state index in [9.17, 15) is 21.6 Å². The number of anilines is 1. The molecule has 136 valence electrons. The Hall–Kier alpha value is -2.07. The first kappa shape index (κ1) is 17.7. The van der Waals surface area contributed by atoms with Gasteiger partial charge in [0.05, 0.1) is 18.7 Å². The topological polar surface area (TPSA) is 68.7 Å². The van der Waals surface area contributed by atoms with E-state index in [1.807, 2.05) is 4.90 Å². The molecule has 2 aromatic rings. The van der Waals surface area contributed by atoms with Gasteiger partial charge in [-0.1, -0.05) is 0 Å². The third kappa shape index (κ3) is 3.64. The van der Waals surface area contributed by atoms with Gasteiger partial charge in [-0.2, -0.15) is 21.6 Å². The van der Waals surface area contributed by atoms with Crippen LogP contribution in [-0.2, 0) is 14.9 Å². The van der Waals surface area contributed by atoms with Gasteiger partial charge >= 0.3 is 15.6 Å². The first-order chi connectivity index (χ1) is 11.7. The summed E-state index contributed by atoms with van der Waals surface area (Å²) in [7, 11) is -5.76. The highest BCUT2D eigenvalue weighted by Gasteiger charge is 2.48. The minimum atomic E-state index is -5.76. The fourth-order valence-electron chi connectivity index (χ4n) is 2.56. The fraction of sp³-hybridized carbons (Fsp3) is 0.400. The molecule has 0 aliphatic carbocycles. The van der Waals surface area contributed by atoms with Crippen molar-refractivity contribution in [1.29, 1.82) is 0 Å². The fourth-order valence-corrected chi connectivity index (χ4v) is 3.03. The second-order valence-corrected chi connectivity index (χ2v) is 7.08. The molecule has 0 unspecified atom stereocenters. The quantitative estimate of drug-likeness (QED) is 0.606. The van der Waals surface area contributed by atoms with Crippen LogP contribution in [0.4, 0.5) is 18.9 Å². The molecule has 6 nitrogen and oxygen atoms in total. The van der Waals surface area contributed by atoms with E-state index in [4.69, 9.17) is 4.74 Å². The van der Waals surface area contributed by atoms with E-state index in [0.717, 1.165) is 5.69 Å². The van der Waals surface area contributed by atoms with Crippen molar-refractivity contribution in [3.8, 4) is 5.75 Å². The van der Waals surface area contributed by atoms with Crippen molar-refractivity contribution in [2.45, 2.75) is 12.4 Å². The number of hydrogen-bond acceptors (Lipinski definition) is 6. The second-order valence-electron chi connectivity index (χ2n) is 5.55. The number of rotatable bonds is 3. The lowest BCUT2D eigenvalue weighted by Gasteiger charge is -2.29. The molecule has 1 aliphatic rings. The molecule has 1 saturated heterocycles. The maximum Gasteiger partial charge on any atom is 0.534 e. The van der Waals surface area contributed by atoms with Gasteiger partial charge in [0, 0.05) is 35.9 Å². The molecule has 0 atom stereocenters. The summed E-state index contributed by atoms with van der Waals surface area (Å²) in [5.41, 5.74) is -4.07. The number of fused-ring (bicyclic) bond motifs is 1. The van der Waals surface area contributed by atoms with E-state index in [-0.39, 0.29) is 5.39 Å². The van der Waals surface area contributed by atoms with Gasteiger partial charge in [0.1, 0.15) is 0 Å². The maximum absolute atomic E-state index is 12.6. The summed E-state index contributed by atoms with van der Waals surface area (Å²) >= 11 is 0. The number of morpholine rings is 1. The van der Waals surface area contributed by atoms with Crippen molar-refractivity contribution in [2.24, 2.45) is 0 Å². The zero-order chi connectivity index (χ0) is 18.2. The maximum atomic E-state index is 12.6. The number of aryl methyl sites for hydroxylation is 1. The van der Waals surface area contributed by atoms with Gasteiger partial charge in [-0.05, 0) is 25.1 Å². The number of benzene rings is 1. The van der Waals surface area contributed by atoms with Gasteiger partial charge in [0.2, 0.25) is 0 Å². The smallest absolute Gasteiger partial charge is 0.378 e. The third-order valence-corrected chi connectivity index (χ3v) is 4.71. The number of alkyl halides is 3. The van der Waals surface area contributed by atoms with E-state index in [0.29, 0.717) is 37.5 Å². The summed E-state index contributed by atoms with van der Waals surface area (Å²) in [6, 6.07) is 6.16. The van der Waals surface area contributed by atoms with Crippen LogP contribution in [-0.4, -0.2) is 45.2 Å². The van der Waals surface area contributed by atoms with Gasteiger partial charge in [-0.15, -0.1) is 0 Å². The molecule has 1 aromatic carbocycles. The largest absolute Gasteiger partial charge is 0.534 e. The van der Waals surface area contributed by atoms with Crippen molar-refractivity contribution in [2.75, 3.05) is 31.2 Å². The molecule has 25 heavy (non-hydrogen) atoms. The molecule has 0 radical (unpaired) electrons. The van der Waals surface area contributed by atoms with Crippen molar-refractivity contribution in [3.05, 3.63) is 30.0 Å². The molecule has 1 fully saturated rings. The number of hydrogen-bond donors (Lipinski definition) is 0. The van der Waals surface area contributed by atoms with Gasteiger partial charge in [-0.25, -0.2) is 0 Å². The zero-order valence-corrected chi connectivity index (χ0v) is 14.0. The minimum Gasteiger partial charge on any atom is -0.378 e. The lowest BCUT2D eigenvalue weighted by atomic mass is 10.1. The number of halogens is 3. The number of aromatic nitrogens is 1. The van der Waals surface area contributed by atoms with E-state index in [1.54, 1.807) is 25.1 Å². The van der Waals surface area contributed by atoms with E-state index in [1.165, 1.54) is 6.07 Å². The molecule has 0 spiro atoms. The monoisotopic (exact) mass is 376 g/mol. The Labute approximate surface area is 142 Å². The van der Waals surface area contributed by atoms with Crippen LogP contribution in [0.1, 0.15) is 5.69 Å². The summed E-state index contributed by atoms with van der Waals surface area (Å²) < 4.78 is 70.3. The van der Waals surface area contributed by atoms with Crippen LogP contribution in [0.15, 0.2) is 24.3 Å². The molecule has 1 aromatic heterocycles. The molecule has 0 saturated carbocycles. The summed E-state index contributed by atoms with van der Waals surface area (Å²) in [6.45, 7) is 3.87. The van der Waals surface area contributed by atoms with Crippen LogP contribution in [0.2, 0.25) is 0 Å². The molecule has 3 rings (SSSR count). The van der Waals surface area contributed by atoms with Crippen molar-refractivity contribution < 1.29 is 30.5 Å². The van der Waals surface area contributed by atoms with E-state index >= 15 is 0 Å². The predicted octanol–water partition coefficient (Wildman–Crippen LogP) is 2.61. The Balaban J connectivity index is 2.07. The third-order valence-electron chi connectivity index (χ3n) is 3.74. The van der Waals surface area contributed by atoms with Crippen LogP contribution in [0, 0.1) is 6.92 Å². The molecule has 0 N–H and O–H groups in total. The van der Waals surface area contributed by atoms with E-state index in [2.05, 4.69) is 9.17 Å². The molecule has 0 bridgehead atoms. The molecule has 10 heteroatoms. The van der Waals surface area contributed by atoms with Crippen LogP contribution in [0.3, 0.4) is 0 Å². The first-order valence-electron chi connectivity index (χ1n) is 7.42. The Morgan fingerprint density at radius 3 is 2.52 bits per heavy atom. The first-order valence-corrected chi connectivity index (χ1v) is 8.83. The summed E-state index contributed by atoms with van der Waals surface area (Å²) in [5, 5.41) is 0.197. The van der Waals surface area contributed by atoms with Crippen molar-refractivity contribution in [1.82, 2.24) is 4.98 Å².